The molecule has 5 nitrogen and oxygen atoms in total. The van der Waals surface area contributed by atoms with Crippen molar-refractivity contribution >= 4 is 5.82 Å². The molecule has 1 aromatic heterocycles. The van der Waals surface area contributed by atoms with Crippen LogP contribution in [0.25, 0.3) is 0 Å². The summed E-state index contributed by atoms with van der Waals surface area (Å²) in [6, 6.07) is 1.81. The summed E-state index contributed by atoms with van der Waals surface area (Å²) in [5, 5.41) is 3.26. The van der Waals surface area contributed by atoms with Gasteiger partial charge in [0.15, 0.2) is 0 Å². The molecule has 0 unspecified atom stereocenters. The zero-order valence-electron chi connectivity index (χ0n) is 11.7. The number of ether oxygens (including phenoxy) is 2. The van der Waals surface area contributed by atoms with Crippen LogP contribution >= 0.6 is 0 Å². The molecule has 0 spiro atoms. The number of methoxy groups -OCH3 is 1. The summed E-state index contributed by atoms with van der Waals surface area (Å²) >= 11 is 0. The molecule has 1 N–H and O–H groups in total. The van der Waals surface area contributed by atoms with E-state index in [2.05, 4.69) is 29.1 Å². The normalized spacial score (nSPS) is 10.7. The smallest absolute Gasteiger partial charge is 0.218 e. The Morgan fingerprint density at radius 1 is 1.33 bits per heavy atom. The topological polar surface area (TPSA) is 56.3 Å². The Morgan fingerprint density at radius 2 is 2.11 bits per heavy atom. The predicted octanol–water partition coefficient (Wildman–Crippen LogP) is 2.45. The summed E-state index contributed by atoms with van der Waals surface area (Å²) < 4.78 is 10.5. The maximum absolute atomic E-state index is 5.28. The number of rotatable bonds is 8. The molecule has 18 heavy (non-hydrogen) atoms. The molecule has 0 saturated heterocycles. The van der Waals surface area contributed by atoms with E-state index in [1.165, 1.54) is 0 Å². The van der Waals surface area contributed by atoms with Crippen LogP contribution in [0.5, 0.6) is 5.88 Å². The van der Waals surface area contributed by atoms with Crippen molar-refractivity contribution in [3.8, 4) is 5.88 Å². The van der Waals surface area contributed by atoms with Crippen molar-refractivity contribution in [2.45, 2.75) is 33.1 Å². The number of aromatic nitrogens is 2. The van der Waals surface area contributed by atoms with Gasteiger partial charge < -0.3 is 14.8 Å². The fourth-order valence-corrected chi connectivity index (χ4v) is 1.43. The fraction of sp³-hybridized carbons (Fsp3) is 0.692. The van der Waals surface area contributed by atoms with Crippen LogP contribution in [0.1, 0.15) is 38.9 Å². The summed E-state index contributed by atoms with van der Waals surface area (Å²) in [5.74, 6) is 2.48. The fourth-order valence-electron chi connectivity index (χ4n) is 1.43. The standard InChI is InChI=1S/C13H23N3O2/c1-5-18-8-6-7-14-11-9-12(17-4)16-13(15-11)10(2)3/h9-10H,5-8H2,1-4H3,(H,14,15,16). The number of hydrogen-bond donors (Lipinski definition) is 1. The zero-order valence-corrected chi connectivity index (χ0v) is 11.7. The molecule has 102 valence electrons. The van der Waals surface area contributed by atoms with Gasteiger partial charge in [0.25, 0.3) is 0 Å². The second-order valence-electron chi connectivity index (χ2n) is 4.29. The van der Waals surface area contributed by atoms with Gasteiger partial charge in [-0.05, 0) is 13.3 Å². The van der Waals surface area contributed by atoms with Gasteiger partial charge in [-0.1, -0.05) is 13.8 Å². The molecule has 0 radical (unpaired) electrons. The van der Waals surface area contributed by atoms with Crippen LogP contribution in [0, 0.1) is 0 Å². The van der Waals surface area contributed by atoms with Gasteiger partial charge in [-0.25, -0.2) is 4.98 Å². The lowest BCUT2D eigenvalue weighted by Gasteiger charge is -2.11. The highest BCUT2D eigenvalue weighted by Gasteiger charge is 2.07. The molecule has 0 amide bonds. The quantitative estimate of drug-likeness (QED) is 0.721. The number of nitrogens with one attached hydrogen (secondary N) is 1. The first kappa shape index (κ1) is 14.7. The number of anilines is 1. The van der Waals surface area contributed by atoms with E-state index in [0.29, 0.717) is 5.88 Å². The summed E-state index contributed by atoms with van der Waals surface area (Å²) in [4.78, 5) is 8.77. The van der Waals surface area contributed by atoms with Gasteiger partial charge >= 0.3 is 0 Å². The molecule has 5 heteroatoms. The van der Waals surface area contributed by atoms with Gasteiger partial charge in [-0.3, -0.25) is 0 Å². The first-order valence-electron chi connectivity index (χ1n) is 6.42. The zero-order chi connectivity index (χ0) is 13.4. The van der Waals surface area contributed by atoms with Crippen molar-refractivity contribution in [2.24, 2.45) is 0 Å². The van der Waals surface area contributed by atoms with Gasteiger partial charge in [0.2, 0.25) is 5.88 Å². The van der Waals surface area contributed by atoms with Crippen molar-refractivity contribution in [1.29, 1.82) is 0 Å². The summed E-state index contributed by atoms with van der Waals surface area (Å²) in [5.41, 5.74) is 0. The van der Waals surface area contributed by atoms with Crippen LogP contribution in [0.3, 0.4) is 0 Å². The van der Waals surface area contributed by atoms with Gasteiger partial charge in [-0.15, -0.1) is 0 Å². The van der Waals surface area contributed by atoms with E-state index in [-0.39, 0.29) is 5.92 Å². The molecule has 1 heterocycles. The molecule has 1 rings (SSSR count). The van der Waals surface area contributed by atoms with Crippen LogP contribution in [0.4, 0.5) is 5.82 Å². The van der Waals surface area contributed by atoms with Gasteiger partial charge in [0.1, 0.15) is 11.6 Å². The van der Waals surface area contributed by atoms with Crippen LogP contribution < -0.4 is 10.1 Å². The molecule has 0 aromatic carbocycles. The maximum Gasteiger partial charge on any atom is 0.218 e. The molecule has 0 aliphatic rings. The van der Waals surface area contributed by atoms with Crippen molar-refractivity contribution in [3.63, 3.8) is 0 Å². The average molecular weight is 253 g/mol. The minimum atomic E-state index is 0.282. The Morgan fingerprint density at radius 3 is 2.72 bits per heavy atom. The van der Waals surface area contributed by atoms with E-state index in [1.54, 1.807) is 7.11 Å². The molecule has 1 aromatic rings. The number of nitrogens with zero attached hydrogens (tertiary/aromatic N) is 2. The third-order valence-corrected chi connectivity index (χ3v) is 2.42. The second-order valence-corrected chi connectivity index (χ2v) is 4.29. The number of hydrogen-bond acceptors (Lipinski definition) is 5. The van der Waals surface area contributed by atoms with Gasteiger partial charge in [0.05, 0.1) is 7.11 Å². The lowest BCUT2D eigenvalue weighted by molar-refractivity contribution is 0.147. The highest BCUT2D eigenvalue weighted by atomic mass is 16.5. The van der Waals surface area contributed by atoms with Crippen molar-refractivity contribution in [1.82, 2.24) is 9.97 Å². The van der Waals surface area contributed by atoms with E-state index in [1.807, 2.05) is 13.0 Å². The molecule has 0 saturated carbocycles. The summed E-state index contributed by atoms with van der Waals surface area (Å²) in [6.07, 6.45) is 0.956. The molecular weight excluding hydrogens is 230 g/mol. The van der Waals surface area contributed by atoms with E-state index in [9.17, 15) is 0 Å². The van der Waals surface area contributed by atoms with Crippen LogP contribution in [0.2, 0.25) is 0 Å². The van der Waals surface area contributed by atoms with E-state index < -0.39 is 0 Å². The Balaban J connectivity index is 2.56. The first-order valence-corrected chi connectivity index (χ1v) is 6.42. The maximum atomic E-state index is 5.28. The molecular formula is C13H23N3O2. The van der Waals surface area contributed by atoms with E-state index in [0.717, 1.165) is 37.8 Å². The Bertz CT molecular complexity index is 356. The minimum absolute atomic E-state index is 0.282. The molecule has 0 atom stereocenters. The molecule has 0 aliphatic carbocycles. The largest absolute Gasteiger partial charge is 0.481 e. The van der Waals surface area contributed by atoms with E-state index in [4.69, 9.17) is 9.47 Å². The van der Waals surface area contributed by atoms with Gasteiger partial charge in [-0.2, -0.15) is 4.98 Å². The predicted molar refractivity (Wildman–Crippen MR) is 72.3 cm³/mol. The summed E-state index contributed by atoms with van der Waals surface area (Å²) in [7, 11) is 1.62. The third kappa shape index (κ3) is 4.87. The Kier molecular flexibility index (Phi) is 6.43. The van der Waals surface area contributed by atoms with Crippen molar-refractivity contribution in [2.75, 3.05) is 32.2 Å². The Hall–Kier alpha value is -1.36. The molecule has 0 fully saturated rings. The first-order chi connectivity index (χ1) is 8.67. The van der Waals surface area contributed by atoms with Crippen LogP contribution in [0.15, 0.2) is 6.07 Å². The highest BCUT2D eigenvalue weighted by Crippen LogP contribution is 2.18. The van der Waals surface area contributed by atoms with Crippen LogP contribution in [-0.4, -0.2) is 36.8 Å². The average Bonchev–Trinajstić information content (AvgIpc) is 2.38. The van der Waals surface area contributed by atoms with Crippen LogP contribution in [-0.2, 0) is 4.74 Å². The minimum Gasteiger partial charge on any atom is -0.481 e. The lowest BCUT2D eigenvalue weighted by atomic mass is 10.2. The van der Waals surface area contributed by atoms with Gasteiger partial charge in [0, 0.05) is 31.7 Å². The molecule has 0 bridgehead atoms. The Labute approximate surface area is 109 Å². The van der Waals surface area contributed by atoms with Crippen molar-refractivity contribution < 1.29 is 9.47 Å². The SMILES string of the molecule is CCOCCCNc1cc(OC)nc(C(C)C)n1. The molecule has 0 aliphatic heterocycles. The third-order valence-electron chi connectivity index (χ3n) is 2.42. The van der Waals surface area contributed by atoms with E-state index >= 15 is 0 Å². The second kappa shape index (κ2) is 7.87. The monoisotopic (exact) mass is 253 g/mol. The van der Waals surface area contributed by atoms with Crippen molar-refractivity contribution in [3.05, 3.63) is 11.9 Å². The lowest BCUT2D eigenvalue weighted by Crippen LogP contribution is -2.09. The highest BCUT2D eigenvalue weighted by molar-refractivity contribution is 5.38. The summed E-state index contributed by atoms with van der Waals surface area (Å²) in [6.45, 7) is 8.48.